The zero-order chi connectivity index (χ0) is 14.1. The lowest BCUT2D eigenvalue weighted by atomic mass is 10.00. The number of benzene rings is 1. The Morgan fingerprint density at radius 1 is 1.53 bits per heavy atom. The molecule has 0 spiro atoms. The second kappa shape index (κ2) is 9.07. The van der Waals surface area contributed by atoms with E-state index in [0.29, 0.717) is 19.6 Å². The standard InChI is InChI=1S/C14H20BrNO3/c1-19-6-5-14(18)16-9-12(10-17)7-11-3-2-4-13(15)8-11/h2-4,8,12,17H,5-7,9-10H2,1H3,(H,16,18). The van der Waals surface area contributed by atoms with Gasteiger partial charge in [0.1, 0.15) is 0 Å². The molecular formula is C14H20BrNO3. The number of nitrogens with one attached hydrogen (secondary N) is 1. The predicted molar refractivity (Wildman–Crippen MR) is 77.9 cm³/mol. The van der Waals surface area contributed by atoms with Gasteiger partial charge in [-0.3, -0.25) is 4.79 Å². The lowest BCUT2D eigenvalue weighted by Crippen LogP contribution is -2.32. The summed E-state index contributed by atoms with van der Waals surface area (Å²) in [6.07, 6.45) is 1.09. The largest absolute Gasteiger partial charge is 0.396 e. The van der Waals surface area contributed by atoms with Crippen LogP contribution in [-0.2, 0) is 16.0 Å². The summed E-state index contributed by atoms with van der Waals surface area (Å²) in [6, 6.07) is 7.96. The van der Waals surface area contributed by atoms with Crippen LogP contribution in [0.1, 0.15) is 12.0 Å². The Morgan fingerprint density at radius 3 is 2.95 bits per heavy atom. The van der Waals surface area contributed by atoms with Gasteiger partial charge in [-0.25, -0.2) is 0 Å². The van der Waals surface area contributed by atoms with Crippen molar-refractivity contribution in [1.82, 2.24) is 5.32 Å². The molecule has 1 aromatic carbocycles. The van der Waals surface area contributed by atoms with Gasteiger partial charge in [-0.05, 0) is 24.1 Å². The zero-order valence-electron chi connectivity index (χ0n) is 11.1. The Labute approximate surface area is 122 Å². The van der Waals surface area contributed by atoms with Gasteiger partial charge < -0.3 is 15.2 Å². The van der Waals surface area contributed by atoms with Crippen LogP contribution in [0.4, 0.5) is 0 Å². The molecule has 1 unspecified atom stereocenters. The molecule has 0 radical (unpaired) electrons. The Bertz CT molecular complexity index is 398. The van der Waals surface area contributed by atoms with Crippen molar-refractivity contribution < 1.29 is 14.6 Å². The number of aliphatic hydroxyl groups excluding tert-OH is 1. The monoisotopic (exact) mass is 329 g/mol. The van der Waals surface area contributed by atoms with Gasteiger partial charge in [0, 0.05) is 37.1 Å². The van der Waals surface area contributed by atoms with Crippen LogP contribution in [-0.4, -0.2) is 37.9 Å². The summed E-state index contributed by atoms with van der Waals surface area (Å²) in [5, 5.41) is 12.2. The lowest BCUT2D eigenvalue weighted by Gasteiger charge is -2.15. The molecule has 19 heavy (non-hydrogen) atoms. The fraction of sp³-hybridized carbons (Fsp3) is 0.500. The number of hydrogen-bond donors (Lipinski definition) is 2. The number of hydrogen-bond acceptors (Lipinski definition) is 3. The Balaban J connectivity index is 2.39. The molecule has 0 saturated heterocycles. The first kappa shape index (κ1) is 16.1. The molecule has 0 aliphatic carbocycles. The maximum absolute atomic E-state index is 11.4. The summed E-state index contributed by atoms with van der Waals surface area (Å²) in [5.74, 6) is -0.0182. The van der Waals surface area contributed by atoms with Crippen LogP contribution in [0.5, 0.6) is 0 Å². The number of halogens is 1. The number of methoxy groups -OCH3 is 1. The molecule has 0 heterocycles. The Hall–Kier alpha value is -0.910. The van der Waals surface area contributed by atoms with Gasteiger partial charge in [-0.15, -0.1) is 0 Å². The molecule has 0 aromatic heterocycles. The Morgan fingerprint density at radius 2 is 2.32 bits per heavy atom. The third kappa shape index (κ3) is 6.71. The van der Waals surface area contributed by atoms with E-state index in [0.717, 1.165) is 16.5 Å². The summed E-state index contributed by atoms with van der Waals surface area (Å²) in [7, 11) is 1.57. The Kier molecular flexibility index (Phi) is 7.70. The van der Waals surface area contributed by atoms with Crippen LogP contribution in [0.25, 0.3) is 0 Å². The van der Waals surface area contributed by atoms with Gasteiger partial charge >= 0.3 is 0 Å². The molecule has 106 valence electrons. The number of ether oxygens (including phenoxy) is 1. The third-order valence-corrected chi connectivity index (χ3v) is 3.29. The van der Waals surface area contributed by atoms with Crippen LogP contribution in [0.2, 0.25) is 0 Å². The average Bonchev–Trinajstić information content (AvgIpc) is 2.41. The van der Waals surface area contributed by atoms with Gasteiger partial charge in [0.25, 0.3) is 0 Å². The normalized spacial score (nSPS) is 12.2. The number of carbonyl (C=O) groups excluding carboxylic acids is 1. The van der Waals surface area contributed by atoms with Gasteiger partial charge in [-0.2, -0.15) is 0 Å². The number of aliphatic hydroxyl groups is 1. The first-order chi connectivity index (χ1) is 9.15. The van der Waals surface area contributed by atoms with Gasteiger partial charge in [-0.1, -0.05) is 28.1 Å². The average molecular weight is 330 g/mol. The van der Waals surface area contributed by atoms with Crippen molar-refractivity contribution in [3.8, 4) is 0 Å². The van der Waals surface area contributed by atoms with E-state index in [-0.39, 0.29) is 18.4 Å². The molecule has 0 bridgehead atoms. The van der Waals surface area contributed by atoms with Crippen LogP contribution in [0, 0.1) is 5.92 Å². The summed E-state index contributed by atoms with van der Waals surface area (Å²) >= 11 is 3.42. The smallest absolute Gasteiger partial charge is 0.222 e. The summed E-state index contributed by atoms with van der Waals surface area (Å²) in [6.45, 7) is 0.948. The van der Waals surface area contributed by atoms with Crippen LogP contribution < -0.4 is 5.32 Å². The van der Waals surface area contributed by atoms with E-state index in [4.69, 9.17) is 4.74 Å². The minimum Gasteiger partial charge on any atom is -0.396 e. The molecule has 2 N–H and O–H groups in total. The summed E-state index contributed by atoms with van der Waals surface area (Å²) in [5.41, 5.74) is 1.14. The van der Waals surface area contributed by atoms with Crippen LogP contribution in [0.3, 0.4) is 0 Å². The molecule has 0 aliphatic rings. The molecule has 5 heteroatoms. The van der Waals surface area contributed by atoms with Crippen LogP contribution in [0.15, 0.2) is 28.7 Å². The number of amides is 1. The fourth-order valence-corrected chi connectivity index (χ4v) is 2.19. The predicted octanol–water partition coefficient (Wildman–Crippen LogP) is 1.75. The molecule has 4 nitrogen and oxygen atoms in total. The SMILES string of the molecule is COCCC(=O)NCC(CO)Cc1cccc(Br)c1. The van der Waals surface area contributed by atoms with Crippen molar-refractivity contribution in [1.29, 1.82) is 0 Å². The van der Waals surface area contributed by atoms with E-state index in [2.05, 4.69) is 21.2 Å². The molecule has 1 rings (SSSR count). The van der Waals surface area contributed by atoms with Crippen molar-refractivity contribution in [3.63, 3.8) is 0 Å². The minimum absolute atomic E-state index is 0.0285. The van der Waals surface area contributed by atoms with E-state index in [9.17, 15) is 9.90 Å². The molecule has 1 atom stereocenters. The van der Waals surface area contributed by atoms with Crippen molar-refractivity contribution >= 4 is 21.8 Å². The first-order valence-corrected chi connectivity index (χ1v) is 7.06. The zero-order valence-corrected chi connectivity index (χ0v) is 12.6. The molecule has 0 saturated carbocycles. The quantitative estimate of drug-likeness (QED) is 0.764. The van der Waals surface area contributed by atoms with Crippen molar-refractivity contribution in [3.05, 3.63) is 34.3 Å². The minimum atomic E-state index is -0.0467. The number of rotatable bonds is 8. The van der Waals surface area contributed by atoms with Crippen molar-refractivity contribution in [2.45, 2.75) is 12.8 Å². The van der Waals surface area contributed by atoms with Crippen LogP contribution >= 0.6 is 15.9 Å². The topological polar surface area (TPSA) is 58.6 Å². The third-order valence-electron chi connectivity index (χ3n) is 2.79. The highest BCUT2D eigenvalue weighted by Gasteiger charge is 2.10. The highest BCUT2D eigenvalue weighted by atomic mass is 79.9. The molecule has 0 fully saturated rings. The second-order valence-corrected chi connectivity index (χ2v) is 5.35. The maximum Gasteiger partial charge on any atom is 0.222 e. The maximum atomic E-state index is 11.4. The molecule has 0 aliphatic heterocycles. The van der Waals surface area contributed by atoms with Crippen molar-refractivity contribution in [2.24, 2.45) is 5.92 Å². The van der Waals surface area contributed by atoms with E-state index < -0.39 is 0 Å². The van der Waals surface area contributed by atoms with E-state index in [1.807, 2.05) is 24.3 Å². The lowest BCUT2D eigenvalue weighted by molar-refractivity contribution is -0.122. The fourth-order valence-electron chi connectivity index (χ4n) is 1.74. The summed E-state index contributed by atoms with van der Waals surface area (Å²) in [4.78, 5) is 11.4. The number of carbonyl (C=O) groups is 1. The second-order valence-electron chi connectivity index (χ2n) is 4.43. The van der Waals surface area contributed by atoms with E-state index >= 15 is 0 Å². The molecule has 1 aromatic rings. The highest BCUT2D eigenvalue weighted by Crippen LogP contribution is 2.14. The van der Waals surface area contributed by atoms with E-state index in [1.165, 1.54) is 0 Å². The molecule has 1 amide bonds. The van der Waals surface area contributed by atoms with E-state index in [1.54, 1.807) is 7.11 Å². The van der Waals surface area contributed by atoms with Gasteiger partial charge in [0.2, 0.25) is 5.91 Å². The van der Waals surface area contributed by atoms with Gasteiger partial charge in [0.05, 0.1) is 6.61 Å². The highest BCUT2D eigenvalue weighted by molar-refractivity contribution is 9.10. The first-order valence-electron chi connectivity index (χ1n) is 6.26. The van der Waals surface area contributed by atoms with Crippen molar-refractivity contribution in [2.75, 3.05) is 26.9 Å². The summed E-state index contributed by atoms with van der Waals surface area (Å²) < 4.78 is 5.86. The van der Waals surface area contributed by atoms with Gasteiger partial charge in [0.15, 0.2) is 0 Å². The molecular weight excluding hydrogens is 310 g/mol.